The molecule has 1 spiro atoms. The van der Waals surface area contributed by atoms with Gasteiger partial charge in [-0.1, -0.05) is 6.92 Å². The van der Waals surface area contributed by atoms with Crippen LogP contribution in [0.5, 0.6) is 0 Å². The quantitative estimate of drug-likeness (QED) is 0.790. The van der Waals surface area contributed by atoms with Crippen LogP contribution in [0.2, 0.25) is 0 Å². The van der Waals surface area contributed by atoms with E-state index in [2.05, 4.69) is 21.9 Å². The average Bonchev–Trinajstić information content (AvgIpc) is 2.75. The van der Waals surface area contributed by atoms with Gasteiger partial charge in [0.2, 0.25) is 5.95 Å². The van der Waals surface area contributed by atoms with Crippen LogP contribution < -0.4 is 11.3 Å². The summed E-state index contributed by atoms with van der Waals surface area (Å²) in [6.45, 7) is 2.20. The Morgan fingerprint density at radius 3 is 3.11 bits per heavy atom. The number of H-pyrrole nitrogens is 1. The number of ether oxygens (including phenoxy) is 1. The zero-order valence-corrected chi connectivity index (χ0v) is 10.6. The lowest BCUT2D eigenvalue weighted by Crippen LogP contribution is -2.15. The number of rotatable bonds is 1. The summed E-state index contributed by atoms with van der Waals surface area (Å²) in [5, 5.41) is 0. The summed E-state index contributed by atoms with van der Waals surface area (Å²) in [7, 11) is 0. The largest absolute Gasteiger partial charge is 0.369 e. The van der Waals surface area contributed by atoms with E-state index in [4.69, 9.17) is 10.5 Å². The Kier molecular flexibility index (Phi) is 1.94. The topological polar surface area (TPSA) is 98.8 Å². The van der Waals surface area contributed by atoms with Gasteiger partial charge in [-0.05, 0) is 25.2 Å². The number of hydrogen-bond donors (Lipinski definition) is 2. The number of imidazole rings is 1. The molecule has 1 saturated heterocycles. The Labute approximate surface area is 108 Å². The summed E-state index contributed by atoms with van der Waals surface area (Å²) in [5.41, 5.74) is 6.13. The summed E-state index contributed by atoms with van der Waals surface area (Å²) in [6.07, 6.45) is 4.61. The van der Waals surface area contributed by atoms with Crippen LogP contribution in [-0.2, 0) is 4.74 Å². The number of hydrogen-bond acceptors (Lipinski definition) is 5. The van der Waals surface area contributed by atoms with Gasteiger partial charge in [0.1, 0.15) is 6.23 Å². The molecule has 0 amide bonds. The first kappa shape index (κ1) is 11.0. The number of nitrogens with two attached hydrogens (primary N) is 1. The highest BCUT2D eigenvalue weighted by Gasteiger charge is 2.57. The van der Waals surface area contributed by atoms with Gasteiger partial charge >= 0.3 is 0 Å². The number of fused-ring (bicyclic) bond motifs is 1. The molecular formula is C12H15N5O2. The molecule has 3 N–H and O–H groups in total. The normalized spacial score (nSPS) is 33.3. The molecule has 1 aliphatic carbocycles. The summed E-state index contributed by atoms with van der Waals surface area (Å²) in [6, 6.07) is 0. The number of anilines is 1. The molecule has 2 unspecified atom stereocenters. The van der Waals surface area contributed by atoms with Crippen molar-refractivity contribution in [3.05, 3.63) is 16.7 Å². The maximum absolute atomic E-state index is 11.7. The Balaban J connectivity index is 1.78. The molecule has 0 radical (unpaired) electrons. The van der Waals surface area contributed by atoms with E-state index in [9.17, 15) is 4.79 Å². The van der Waals surface area contributed by atoms with Gasteiger partial charge in [-0.15, -0.1) is 0 Å². The van der Waals surface area contributed by atoms with E-state index in [0.717, 1.165) is 19.3 Å². The van der Waals surface area contributed by atoms with Crippen molar-refractivity contribution in [1.82, 2.24) is 19.5 Å². The predicted octanol–water partition coefficient (Wildman–Crippen LogP) is 0.789. The first-order valence-corrected chi connectivity index (χ1v) is 6.49. The number of aromatic nitrogens is 4. The smallest absolute Gasteiger partial charge is 0.280 e. The first-order valence-electron chi connectivity index (χ1n) is 6.49. The minimum Gasteiger partial charge on any atom is -0.369 e. The van der Waals surface area contributed by atoms with E-state index < -0.39 is 0 Å². The van der Waals surface area contributed by atoms with E-state index in [1.54, 1.807) is 6.33 Å². The fourth-order valence-electron chi connectivity index (χ4n) is 3.08. The van der Waals surface area contributed by atoms with Crippen molar-refractivity contribution in [2.45, 2.75) is 38.0 Å². The monoisotopic (exact) mass is 261 g/mol. The van der Waals surface area contributed by atoms with Gasteiger partial charge in [-0.3, -0.25) is 14.3 Å². The molecule has 0 aromatic carbocycles. The molecule has 2 fully saturated rings. The summed E-state index contributed by atoms with van der Waals surface area (Å²) in [5.74, 6) is 0.723. The Morgan fingerprint density at radius 1 is 1.63 bits per heavy atom. The van der Waals surface area contributed by atoms with Crippen LogP contribution in [0.15, 0.2) is 11.1 Å². The van der Waals surface area contributed by atoms with Crippen LogP contribution in [0.4, 0.5) is 5.95 Å². The van der Waals surface area contributed by atoms with Crippen molar-refractivity contribution in [3.63, 3.8) is 0 Å². The number of nitrogens with one attached hydrogen (secondary N) is 1. The lowest BCUT2D eigenvalue weighted by Gasteiger charge is -2.14. The zero-order valence-electron chi connectivity index (χ0n) is 10.6. The first-order chi connectivity index (χ1) is 9.09. The molecule has 3 heterocycles. The Bertz CT molecular complexity index is 720. The molecule has 4 rings (SSSR count). The second-order valence-electron chi connectivity index (χ2n) is 5.56. The minimum absolute atomic E-state index is 0.0496. The van der Waals surface area contributed by atoms with Crippen molar-refractivity contribution in [2.75, 3.05) is 5.73 Å². The standard InChI is InChI=1S/C12H15N5O2/c1-6-4-12(6)3-2-7(19-12)17-5-14-8-9(17)15-11(13)16-10(8)18/h5-7H,2-4H2,1H3,(H3,13,15,16,18)/t6?,7-,12?/m1/s1. The third-order valence-electron chi connectivity index (χ3n) is 4.34. The van der Waals surface area contributed by atoms with Crippen LogP contribution in [0.25, 0.3) is 11.2 Å². The summed E-state index contributed by atoms with van der Waals surface area (Å²) < 4.78 is 7.95. The van der Waals surface area contributed by atoms with Crippen molar-refractivity contribution >= 4 is 17.1 Å². The van der Waals surface area contributed by atoms with Gasteiger partial charge in [0.05, 0.1) is 11.9 Å². The molecule has 2 aromatic rings. The average molecular weight is 261 g/mol. The number of aromatic amines is 1. The highest BCUT2D eigenvalue weighted by Crippen LogP contribution is 2.57. The van der Waals surface area contributed by atoms with Crippen molar-refractivity contribution in [3.8, 4) is 0 Å². The summed E-state index contributed by atoms with van der Waals surface area (Å²) in [4.78, 5) is 22.5. The number of nitrogens with zero attached hydrogens (tertiary/aromatic N) is 3. The third kappa shape index (κ3) is 1.45. The van der Waals surface area contributed by atoms with Crippen LogP contribution in [-0.4, -0.2) is 25.1 Å². The van der Waals surface area contributed by atoms with Crippen LogP contribution >= 0.6 is 0 Å². The van der Waals surface area contributed by atoms with Gasteiger partial charge in [0.15, 0.2) is 11.2 Å². The molecule has 2 aliphatic rings. The van der Waals surface area contributed by atoms with Gasteiger partial charge < -0.3 is 10.5 Å². The van der Waals surface area contributed by atoms with Crippen molar-refractivity contribution in [1.29, 1.82) is 0 Å². The zero-order chi connectivity index (χ0) is 13.2. The second kappa shape index (κ2) is 3.36. The molecule has 1 aliphatic heterocycles. The molecule has 7 nitrogen and oxygen atoms in total. The maximum atomic E-state index is 11.7. The van der Waals surface area contributed by atoms with E-state index in [1.165, 1.54) is 0 Å². The maximum Gasteiger partial charge on any atom is 0.280 e. The van der Waals surface area contributed by atoms with E-state index >= 15 is 0 Å². The molecule has 7 heteroatoms. The molecule has 19 heavy (non-hydrogen) atoms. The predicted molar refractivity (Wildman–Crippen MR) is 68.4 cm³/mol. The van der Waals surface area contributed by atoms with Gasteiger partial charge in [-0.25, -0.2) is 4.98 Å². The Hall–Kier alpha value is -1.89. The van der Waals surface area contributed by atoms with Crippen LogP contribution in [0.3, 0.4) is 0 Å². The van der Waals surface area contributed by atoms with Gasteiger partial charge in [0.25, 0.3) is 5.56 Å². The molecule has 1 saturated carbocycles. The van der Waals surface area contributed by atoms with Crippen molar-refractivity contribution < 1.29 is 4.74 Å². The highest BCUT2D eigenvalue weighted by atomic mass is 16.5. The molecule has 2 aromatic heterocycles. The van der Waals surface area contributed by atoms with E-state index in [-0.39, 0.29) is 23.3 Å². The number of nitrogen functional groups attached to an aromatic ring is 1. The summed E-state index contributed by atoms with van der Waals surface area (Å²) >= 11 is 0. The Morgan fingerprint density at radius 2 is 2.42 bits per heavy atom. The molecule has 3 atom stereocenters. The fraction of sp³-hybridized carbons (Fsp3) is 0.583. The second-order valence-corrected chi connectivity index (χ2v) is 5.56. The molecule has 100 valence electrons. The van der Waals surface area contributed by atoms with Gasteiger partial charge in [-0.2, -0.15) is 4.98 Å². The van der Waals surface area contributed by atoms with E-state index in [0.29, 0.717) is 17.1 Å². The molecular weight excluding hydrogens is 246 g/mol. The lowest BCUT2D eigenvalue weighted by atomic mass is 10.2. The van der Waals surface area contributed by atoms with Crippen LogP contribution in [0, 0.1) is 5.92 Å². The fourth-order valence-corrected chi connectivity index (χ4v) is 3.08. The van der Waals surface area contributed by atoms with Crippen LogP contribution in [0.1, 0.15) is 32.4 Å². The van der Waals surface area contributed by atoms with Gasteiger partial charge in [0, 0.05) is 0 Å². The molecule has 0 bridgehead atoms. The SMILES string of the molecule is CC1CC12CC[C@H](n1cnc3c(=O)[nH]c(N)nc31)O2. The third-order valence-corrected chi connectivity index (χ3v) is 4.34. The lowest BCUT2D eigenvalue weighted by molar-refractivity contribution is -0.0184. The van der Waals surface area contributed by atoms with Crippen molar-refractivity contribution in [2.24, 2.45) is 5.92 Å². The minimum atomic E-state index is -0.311. The van der Waals surface area contributed by atoms with E-state index in [1.807, 2.05) is 4.57 Å². The highest BCUT2D eigenvalue weighted by molar-refractivity contribution is 5.70.